The highest BCUT2D eigenvalue weighted by molar-refractivity contribution is 6.05. The van der Waals surface area contributed by atoms with Gasteiger partial charge in [-0.2, -0.15) is 0 Å². The topological polar surface area (TPSA) is 29.0 Å². The Balaban J connectivity index is 1.06. The van der Waals surface area contributed by atoms with Gasteiger partial charge in [0.15, 0.2) is 5.82 Å². The van der Waals surface area contributed by atoms with Crippen LogP contribution in [0.2, 0.25) is 0 Å². The van der Waals surface area contributed by atoms with Crippen LogP contribution < -0.4 is 4.90 Å². The van der Waals surface area contributed by atoms with Crippen LogP contribution in [-0.2, 0) is 10.8 Å². The van der Waals surface area contributed by atoms with E-state index in [1.807, 2.05) is 6.07 Å². The number of nitrogens with zero attached hydrogens (tertiary/aromatic N) is 3. The molecule has 1 aromatic heterocycles. The van der Waals surface area contributed by atoms with Gasteiger partial charge in [-0.05, 0) is 97.5 Å². The van der Waals surface area contributed by atoms with Crippen molar-refractivity contribution in [1.82, 2.24) is 9.97 Å². The van der Waals surface area contributed by atoms with Gasteiger partial charge in [0.05, 0.1) is 17.1 Å². The SMILES string of the molecule is CC1(C)c2cc(-c3cc(-c4ccccc4)nc(-c4ccccc4)n3)ccc2-c2c(N(C3=CC4C(C=C3)c3ccccc3C4(C)C)c3ccc(-c4ccccc4)cc3)cc3ccccc3c21. The molecule has 0 fully saturated rings. The largest absolute Gasteiger partial charge is 0.310 e. The van der Waals surface area contributed by atoms with Gasteiger partial charge in [-0.1, -0.05) is 204 Å². The summed E-state index contributed by atoms with van der Waals surface area (Å²) in [6.07, 6.45) is 7.44. The predicted octanol–water partition coefficient (Wildman–Crippen LogP) is 15.9. The molecule has 3 aliphatic rings. The molecule has 0 saturated heterocycles. The van der Waals surface area contributed by atoms with E-state index >= 15 is 0 Å². The number of hydrogen-bond acceptors (Lipinski definition) is 3. The van der Waals surface area contributed by atoms with E-state index in [9.17, 15) is 0 Å². The van der Waals surface area contributed by atoms with Crippen LogP contribution in [0.15, 0.2) is 218 Å². The molecule has 12 rings (SSSR count). The molecule has 9 aromatic rings. The molecule has 3 nitrogen and oxygen atoms in total. The van der Waals surface area contributed by atoms with E-state index in [0.29, 0.717) is 11.8 Å². The first-order valence-corrected chi connectivity index (χ1v) is 22.9. The van der Waals surface area contributed by atoms with Crippen LogP contribution in [0.1, 0.15) is 55.9 Å². The monoisotopic (exact) mass is 835 g/mol. The smallest absolute Gasteiger partial charge is 0.160 e. The maximum absolute atomic E-state index is 5.27. The zero-order valence-electron chi connectivity index (χ0n) is 37.2. The van der Waals surface area contributed by atoms with Crippen LogP contribution in [0.25, 0.3) is 66.9 Å². The van der Waals surface area contributed by atoms with Gasteiger partial charge in [0.1, 0.15) is 0 Å². The van der Waals surface area contributed by atoms with E-state index in [0.717, 1.165) is 39.6 Å². The van der Waals surface area contributed by atoms with Crippen LogP contribution >= 0.6 is 0 Å². The minimum absolute atomic E-state index is 0.0296. The Morgan fingerprint density at radius 1 is 0.508 bits per heavy atom. The van der Waals surface area contributed by atoms with E-state index in [2.05, 4.69) is 239 Å². The summed E-state index contributed by atoms with van der Waals surface area (Å²) in [6, 6.07) is 70.3. The van der Waals surface area contributed by atoms with E-state index < -0.39 is 0 Å². The number of benzene rings is 8. The fourth-order valence-corrected chi connectivity index (χ4v) is 11.3. The number of fused-ring (bicyclic) bond motifs is 8. The Hall–Kier alpha value is -7.62. The number of rotatable bonds is 7. The molecule has 8 aromatic carbocycles. The summed E-state index contributed by atoms with van der Waals surface area (Å²) in [5, 5.41) is 2.52. The molecule has 0 N–H and O–H groups in total. The number of hydrogen-bond donors (Lipinski definition) is 0. The zero-order valence-corrected chi connectivity index (χ0v) is 37.2. The van der Waals surface area contributed by atoms with Crippen LogP contribution in [0.4, 0.5) is 11.4 Å². The number of anilines is 2. The van der Waals surface area contributed by atoms with Gasteiger partial charge in [-0.15, -0.1) is 0 Å². The van der Waals surface area contributed by atoms with Crippen LogP contribution in [0, 0.1) is 5.92 Å². The van der Waals surface area contributed by atoms with Crippen LogP contribution in [-0.4, -0.2) is 9.97 Å². The molecule has 0 amide bonds. The summed E-state index contributed by atoms with van der Waals surface area (Å²) in [4.78, 5) is 12.9. The fourth-order valence-electron chi connectivity index (χ4n) is 11.3. The van der Waals surface area contributed by atoms with Crippen molar-refractivity contribution < 1.29 is 0 Å². The lowest BCUT2D eigenvalue weighted by molar-refractivity contribution is 0.392. The van der Waals surface area contributed by atoms with Gasteiger partial charge >= 0.3 is 0 Å². The summed E-state index contributed by atoms with van der Waals surface area (Å²) < 4.78 is 0. The highest BCUT2D eigenvalue weighted by Crippen LogP contribution is 2.59. The molecular weight excluding hydrogens is 787 g/mol. The van der Waals surface area contributed by atoms with E-state index in [1.54, 1.807) is 0 Å². The summed E-state index contributed by atoms with van der Waals surface area (Å²) in [6.45, 7) is 9.67. The van der Waals surface area contributed by atoms with E-state index in [-0.39, 0.29) is 10.8 Å². The first kappa shape index (κ1) is 39.0. The second-order valence-corrected chi connectivity index (χ2v) is 19.0. The molecule has 0 aliphatic heterocycles. The Labute approximate surface area is 382 Å². The van der Waals surface area contributed by atoms with Crippen LogP contribution in [0.5, 0.6) is 0 Å². The summed E-state index contributed by atoms with van der Waals surface area (Å²) in [5.74, 6) is 1.36. The average Bonchev–Trinajstić information content (AvgIpc) is 3.74. The molecule has 0 saturated carbocycles. The molecular formula is C62H49N3. The maximum Gasteiger partial charge on any atom is 0.160 e. The predicted molar refractivity (Wildman–Crippen MR) is 270 cm³/mol. The zero-order chi connectivity index (χ0) is 43.9. The van der Waals surface area contributed by atoms with E-state index in [4.69, 9.17) is 9.97 Å². The summed E-state index contributed by atoms with van der Waals surface area (Å²) >= 11 is 0. The lowest BCUT2D eigenvalue weighted by Gasteiger charge is -2.36. The third-order valence-electron chi connectivity index (χ3n) is 14.5. The highest BCUT2D eigenvalue weighted by atomic mass is 15.2. The van der Waals surface area contributed by atoms with Crippen molar-refractivity contribution in [3.63, 3.8) is 0 Å². The molecule has 0 bridgehead atoms. The number of aromatic nitrogens is 2. The van der Waals surface area contributed by atoms with Crippen molar-refractivity contribution in [1.29, 1.82) is 0 Å². The second kappa shape index (κ2) is 15.0. The third-order valence-corrected chi connectivity index (χ3v) is 14.5. The molecule has 3 heteroatoms. The van der Waals surface area contributed by atoms with Gasteiger partial charge in [0.2, 0.25) is 0 Å². The molecule has 65 heavy (non-hydrogen) atoms. The molecule has 2 unspecified atom stereocenters. The minimum Gasteiger partial charge on any atom is -0.310 e. The highest BCUT2D eigenvalue weighted by Gasteiger charge is 2.46. The maximum atomic E-state index is 5.27. The lowest BCUT2D eigenvalue weighted by atomic mass is 9.74. The molecule has 1 heterocycles. The Morgan fingerprint density at radius 2 is 1.11 bits per heavy atom. The average molecular weight is 836 g/mol. The summed E-state index contributed by atoms with van der Waals surface area (Å²) in [7, 11) is 0. The first-order chi connectivity index (χ1) is 31.7. The van der Waals surface area contributed by atoms with Gasteiger partial charge < -0.3 is 4.90 Å². The Bertz CT molecular complexity index is 3300. The fraction of sp³-hybridized carbons (Fsp3) is 0.129. The van der Waals surface area contributed by atoms with Crippen molar-refractivity contribution in [2.24, 2.45) is 5.92 Å². The van der Waals surface area contributed by atoms with Gasteiger partial charge in [-0.3, -0.25) is 0 Å². The third kappa shape index (κ3) is 6.32. The van der Waals surface area contributed by atoms with Gasteiger partial charge in [0.25, 0.3) is 0 Å². The molecule has 312 valence electrons. The van der Waals surface area contributed by atoms with Gasteiger partial charge in [0, 0.05) is 45.0 Å². The van der Waals surface area contributed by atoms with Crippen molar-refractivity contribution in [2.75, 3.05) is 4.90 Å². The van der Waals surface area contributed by atoms with Crippen LogP contribution in [0.3, 0.4) is 0 Å². The number of allylic oxidation sites excluding steroid dienone is 3. The standard InChI is InChI=1S/C62H49N3/c1-61(2)52-27-17-16-26-49(52)50-35-33-47(38-54(50)61)65(46-31-28-41(29-32-46)40-18-8-5-9-19-40)57-37-44-24-14-15-25-48(44)59-58(57)51-34-30-45(36-53(51)62(59,3)4)56-39-55(42-20-10-6-11-21-42)63-60(64-56)43-22-12-7-13-23-43/h5-39,50,54H,1-4H3. The molecule has 0 spiro atoms. The quantitative estimate of drug-likeness (QED) is 0.160. The van der Waals surface area contributed by atoms with Crippen molar-refractivity contribution >= 4 is 22.1 Å². The molecule has 2 atom stereocenters. The normalized spacial score (nSPS) is 17.2. The summed E-state index contributed by atoms with van der Waals surface area (Å²) in [5.41, 5.74) is 18.6. The Morgan fingerprint density at radius 3 is 1.85 bits per heavy atom. The van der Waals surface area contributed by atoms with E-state index in [1.165, 1.54) is 66.7 Å². The lowest BCUT2D eigenvalue weighted by Crippen LogP contribution is -2.28. The molecule has 0 radical (unpaired) electrons. The Kier molecular flexibility index (Phi) is 9.00. The first-order valence-electron chi connectivity index (χ1n) is 22.9. The molecule has 3 aliphatic carbocycles. The van der Waals surface area contributed by atoms with Gasteiger partial charge in [-0.25, -0.2) is 9.97 Å². The minimum atomic E-state index is -0.326. The van der Waals surface area contributed by atoms with Crippen molar-refractivity contribution in [3.05, 3.63) is 240 Å². The second-order valence-electron chi connectivity index (χ2n) is 19.0. The van der Waals surface area contributed by atoms with Crippen molar-refractivity contribution in [2.45, 2.75) is 44.4 Å². The van der Waals surface area contributed by atoms with Crippen molar-refractivity contribution in [3.8, 4) is 56.2 Å².